The van der Waals surface area contributed by atoms with Crippen molar-refractivity contribution in [1.82, 2.24) is 15.3 Å². The van der Waals surface area contributed by atoms with Crippen molar-refractivity contribution >= 4 is 5.95 Å². The topological polar surface area (TPSA) is 59.5 Å². The van der Waals surface area contributed by atoms with E-state index < -0.39 is 0 Å². The first kappa shape index (κ1) is 16.0. The molecule has 1 aliphatic heterocycles. The molecule has 0 amide bonds. The van der Waals surface area contributed by atoms with E-state index in [-0.39, 0.29) is 6.04 Å². The van der Waals surface area contributed by atoms with E-state index in [0.29, 0.717) is 31.7 Å². The third kappa shape index (κ3) is 4.82. The van der Waals surface area contributed by atoms with Crippen molar-refractivity contribution < 1.29 is 9.47 Å². The number of rotatable bonds is 7. The zero-order chi connectivity index (χ0) is 15.1. The van der Waals surface area contributed by atoms with Crippen molar-refractivity contribution in [3.63, 3.8) is 0 Å². The van der Waals surface area contributed by atoms with Gasteiger partial charge in [-0.3, -0.25) is 0 Å². The average molecular weight is 294 g/mol. The molecular formula is C15H26N4O2. The summed E-state index contributed by atoms with van der Waals surface area (Å²) in [6, 6.07) is 2.51. The lowest BCUT2D eigenvalue weighted by Gasteiger charge is -2.36. The molecule has 0 aromatic carbocycles. The second kappa shape index (κ2) is 8.14. The van der Waals surface area contributed by atoms with E-state index in [4.69, 9.17) is 9.47 Å². The summed E-state index contributed by atoms with van der Waals surface area (Å²) >= 11 is 0. The average Bonchev–Trinajstić information content (AvgIpc) is 2.51. The smallest absolute Gasteiger partial charge is 0.229 e. The van der Waals surface area contributed by atoms with E-state index in [9.17, 15) is 0 Å². The molecule has 1 atom stereocenters. The number of nitrogens with one attached hydrogen (secondary N) is 1. The van der Waals surface area contributed by atoms with Crippen LogP contribution in [-0.4, -0.2) is 55.0 Å². The Bertz CT molecular complexity index is 428. The standard InChI is InChI=1S/C15H26N4O2/c1-4-8-21-14-5-6-16-15(18-14)19-7-9-20-11-13(19)10-17-12(2)3/h5-6,12-13,17H,4,7-11H2,1-3H3. The van der Waals surface area contributed by atoms with E-state index in [1.165, 1.54) is 0 Å². The summed E-state index contributed by atoms with van der Waals surface area (Å²) in [4.78, 5) is 11.1. The summed E-state index contributed by atoms with van der Waals surface area (Å²) < 4.78 is 11.2. The first-order valence-corrected chi connectivity index (χ1v) is 7.74. The van der Waals surface area contributed by atoms with E-state index >= 15 is 0 Å². The van der Waals surface area contributed by atoms with Crippen LogP contribution in [0.15, 0.2) is 12.3 Å². The van der Waals surface area contributed by atoms with Crippen molar-refractivity contribution in [2.75, 3.05) is 37.8 Å². The van der Waals surface area contributed by atoms with E-state index in [0.717, 1.165) is 25.5 Å². The first-order chi connectivity index (χ1) is 10.2. The zero-order valence-electron chi connectivity index (χ0n) is 13.2. The van der Waals surface area contributed by atoms with Crippen molar-refractivity contribution in [2.24, 2.45) is 0 Å². The maximum Gasteiger partial charge on any atom is 0.229 e. The van der Waals surface area contributed by atoms with Gasteiger partial charge >= 0.3 is 0 Å². The largest absolute Gasteiger partial charge is 0.478 e. The van der Waals surface area contributed by atoms with Crippen LogP contribution < -0.4 is 15.0 Å². The lowest BCUT2D eigenvalue weighted by Crippen LogP contribution is -2.52. The summed E-state index contributed by atoms with van der Waals surface area (Å²) in [7, 11) is 0. The van der Waals surface area contributed by atoms with Crippen molar-refractivity contribution in [3.8, 4) is 5.88 Å². The molecule has 2 heterocycles. The second-order valence-electron chi connectivity index (χ2n) is 5.53. The lowest BCUT2D eigenvalue weighted by atomic mass is 10.2. The predicted octanol–water partition coefficient (Wildman–Crippen LogP) is 1.47. The SMILES string of the molecule is CCCOc1ccnc(N2CCOCC2CNC(C)C)n1. The molecule has 0 bridgehead atoms. The number of ether oxygens (including phenoxy) is 2. The van der Waals surface area contributed by atoms with E-state index in [1.54, 1.807) is 12.3 Å². The summed E-state index contributed by atoms with van der Waals surface area (Å²) in [6.45, 7) is 10.1. The van der Waals surface area contributed by atoms with E-state index in [2.05, 4.69) is 41.0 Å². The van der Waals surface area contributed by atoms with Gasteiger partial charge < -0.3 is 19.7 Å². The molecule has 118 valence electrons. The van der Waals surface area contributed by atoms with Gasteiger partial charge in [-0.05, 0) is 6.42 Å². The van der Waals surface area contributed by atoms with Gasteiger partial charge in [-0.1, -0.05) is 20.8 Å². The fourth-order valence-corrected chi connectivity index (χ4v) is 2.22. The monoisotopic (exact) mass is 294 g/mol. The molecule has 0 radical (unpaired) electrons. The third-order valence-corrected chi connectivity index (χ3v) is 3.32. The number of hydrogen-bond acceptors (Lipinski definition) is 6. The molecule has 6 nitrogen and oxygen atoms in total. The number of morpholine rings is 1. The van der Waals surface area contributed by atoms with Gasteiger partial charge in [0.2, 0.25) is 11.8 Å². The summed E-state index contributed by atoms with van der Waals surface area (Å²) in [5, 5.41) is 3.46. The minimum Gasteiger partial charge on any atom is -0.478 e. The fraction of sp³-hybridized carbons (Fsp3) is 0.733. The van der Waals surface area contributed by atoms with Gasteiger partial charge in [0.25, 0.3) is 0 Å². The van der Waals surface area contributed by atoms with Crippen LogP contribution in [0.25, 0.3) is 0 Å². The zero-order valence-corrected chi connectivity index (χ0v) is 13.2. The quantitative estimate of drug-likeness (QED) is 0.822. The molecule has 1 unspecified atom stereocenters. The molecule has 1 fully saturated rings. The number of anilines is 1. The Morgan fingerprint density at radius 2 is 2.38 bits per heavy atom. The summed E-state index contributed by atoms with van der Waals surface area (Å²) in [6.07, 6.45) is 2.73. The molecule has 1 N–H and O–H groups in total. The minimum absolute atomic E-state index is 0.252. The molecule has 1 aromatic heterocycles. The number of nitrogens with zero attached hydrogens (tertiary/aromatic N) is 3. The van der Waals surface area contributed by atoms with Crippen LogP contribution in [0.5, 0.6) is 5.88 Å². The van der Waals surface area contributed by atoms with E-state index in [1.807, 2.05) is 0 Å². The predicted molar refractivity (Wildman–Crippen MR) is 82.9 cm³/mol. The molecule has 6 heteroatoms. The maximum atomic E-state index is 5.60. The molecule has 2 rings (SSSR count). The third-order valence-electron chi connectivity index (χ3n) is 3.32. The van der Waals surface area contributed by atoms with Gasteiger partial charge in [0.15, 0.2) is 0 Å². The molecule has 0 saturated carbocycles. The molecule has 0 spiro atoms. The first-order valence-electron chi connectivity index (χ1n) is 7.74. The normalized spacial score (nSPS) is 19.0. The highest BCUT2D eigenvalue weighted by Crippen LogP contribution is 2.17. The Labute approximate surface area is 126 Å². The van der Waals surface area contributed by atoms with Gasteiger partial charge in [-0.2, -0.15) is 4.98 Å². The molecular weight excluding hydrogens is 268 g/mol. The van der Waals surface area contributed by atoms with Crippen LogP contribution in [0, 0.1) is 0 Å². The van der Waals surface area contributed by atoms with Crippen molar-refractivity contribution in [3.05, 3.63) is 12.3 Å². The second-order valence-corrected chi connectivity index (χ2v) is 5.53. The van der Waals surface area contributed by atoms with Crippen molar-refractivity contribution in [2.45, 2.75) is 39.3 Å². The van der Waals surface area contributed by atoms with Crippen LogP contribution in [-0.2, 0) is 4.74 Å². The Hall–Kier alpha value is -1.40. The maximum absolute atomic E-state index is 5.60. The molecule has 21 heavy (non-hydrogen) atoms. The van der Waals surface area contributed by atoms with Crippen LogP contribution in [0.4, 0.5) is 5.95 Å². The van der Waals surface area contributed by atoms with Gasteiger partial charge in [0.05, 0.1) is 25.9 Å². The Morgan fingerprint density at radius 3 is 3.14 bits per heavy atom. The highest BCUT2D eigenvalue weighted by Gasteiger charge is 2.25. The Kier molecular flexibility index (Phi) is 6.20. The highest BCUT2D eigenvalue weighted by atomic mass is 16.5. The van der Waals surface area contributed by atoms with Gasteiger partial charge in [-0.25, -0.2) is 4.98 Å². The Morgan fingerprint density at radius 1 is 1.52 bits per heavy atom. The fourth-order valence-electron chi connectivity index (χ4n) is 2.22. The number of aromatic nitrogens is 2. The lowest BCUT2D eigenvalue weighted by molar-refractivity contribution is 0.0922. The number of hydrogen-bond donors (Lipinski definition) is 1. The van der Waals surface area contributed by atoms with Gasteiger partial charge in [0.1, 0.15) is 0 Å². The van der Waals surface area contributed by atoms with Crippen LogP contribution in [0.1, 0.15) is 27.2 Å². The summed E-state index contributed by atoms with van der Waals surface area (Å²) in [5.74, 6) is 1.37. The summed E-state index contributed by atoms with van der Waals surface area (Å²) in [5.41, 5.74) is 0. The van der Waals surface area contributed by atoms with Crippen molar-refractivity contribution in [1.29, 1.82) is 0 Å². The van der Waals surface area contributed by atoms with Crippen LogP contribution >= 0.6 is 0 Å². The highest BCUT2D eigenvalue weighted by molar-refractivity contribution is 5.34. The minimum atomic E-state index is 0.252. The van der Waals surface area contributed by atoms with Crippen LogP contribution in [0.3, 0.4) is 0 Å². The molecule has 0 aliphatic carbocycles. The van der Waals surface area contributed by atoms with Gasteiger partial charge in [-0.15, -0.1) is 0 Å². The Balaban J connectivity index is 2.05. The molecule has 1 aliphatic rings. The molecule has 1 saturated heterocycles. The van der Waals surface area contributed by atoms with Crippen LogP contribution in [0.2, 0.25) is 0 Å². The molecule has 1 aromatic rings. The van der Waals surface area contributed by atoms with Gasteiger partial charge in [0, 0.05) is 31.4 Å².